The fourth-order valence-electron chi connectivity index (χ4n) is 1.60. The molecule has 0 saturated heterocycles. The molecule has 6 heteroatoms. The smallest absolute Gasteiger partial charge is 0.337 e. The van der Waals surface area contributed by atoms with Gasteiger partial charge in [-0.05, 0) is 24.3 Å². The van der Waals surface area contributed by atoms with Crippen LogP contribution < -0.4 is 11.1 Å². The van der Waals surface area contributed by atoms with Crippen molar-refractivity contribution in [2.24, 2.45) is 7.05 Å². The lowest BCUT2D eigenvalue weighted by Gasteiger charge is -2.07. The van der Waals surface area contributed by atoms with E-state index in [4.69, 9.17) is 10.8 Å². The molecule has 0 spiro atoms. The number of carbonyl (C=O) groups is 1. The number of carboxylic acid groups (broad SMARTS) is 1. The first kappa shape index (κ1) is 12.0. The summed E-state index contributed by atoms with van der Waals surface area (Å²) >= 11 is 0. The minimum absolute atomic E-state index is 0.0982. The number of anilines is 2. The Kier molecular flexibility index (Phi) is 3.18. The lowest BCUT2D eigenvalue weighted by Crippen LogP contribution is -2.05. The number of aromatic nitrogens is 2. The standard InChI is InChI=1S/C12H14N4O2/c1-16-5-4-9(15-16)7-14-8-2-3-11(13)10(6-8)12(17)18/h2-6,14H,7,13H2,1H3,(H,17,18). The fourth-order valence-corrected chi connectivity index (χ4v) is 1.60. The second-order valence-corrected chi connectivity index (χ2v) is 3.94. The number of benzene rings is 1. The molecule has 18 heavy (non-hydrogen) atoms. The van der Waals surface area contributed by atoms with Gasteiger partial charge >= 0.3 is 5.97 Å². The lowest BCUT2D eigenvalue weighted by molar-refractivity contribution is 0.0698. The van der Waals surface area contributed by atoms with Crippen molar-refractivity contribution in [3.05, 3.63) is 41.7 Å². The molecule has 4 N–H and O–H groups in total. The molecule has 0 saturated carbocycles. The van der Waals surface area contributed by atoms with E-state index in [0.717, 1.165) is 5.69 Å². The van der Waals surface area contributed by atoms with E-state index in [2.05, 4.69) is 10.4 Å². The van der Waals surface area contributed by atoms with Crippen LogP contribution in [0.15, 0.2) is 30.5 Å². The largest absolute Gasteiger partial charge is 0.478 e. The number of nitrogens with zero attached hydrogens (tertiary/aromatic N) is 2. The molecule has 0 aliphatic rings. The summed E-state index contributed by atoms with van der Waals surface area (Å²) in [6.07, 6.45) is 1.85. The highest BCUT2D eigenvalue weighted by Gasteiger charge is 2.08. The van der Waals surface area contributed by atoms with Crippen LogP contribution >= 0.6 is 0 Å². The van der Waals surface area contributed by atoms with Gasteiger partial charge < -0.3 is 16.2 Å². The van der Waals surface area contributed by atoms with Crippen molar-refractivity contribution >= 4 is 17.3 Å². The van der Waals surface area contributed by atoms with Gasteiger partial charge in [0.25, 0.3) is 0 Å². The zero-order chi connectivity index (χ0) is 13.1. The Morgan fingerprint density at radius 2 is 2.28 bits per heavy atom. The average Bonchev–Trinajstić information content (AvgIpc) is 2.74. The van der Waals surface area contributed by atoms with E-state index in [0.29, 0.717) is 12.2 Å². The summed E-state index contributed by atoms with van der Waals surface area (Å²) in [5.74, 6) is -1.03. The number of rotatable bonds is 4. The highest BCUT2D eigenvalue weighted by atomic mass is 16.4. The van der Waals surface area contributed by atoms with Crippen LogP contribution in [0.4, 0.5) is 11.4 Å². The fraction of sp³-hybridized carbons (Fsp3) is 0.167. The van der Waals surface area contributed by atoms with Crippen molar-refractivity contribution in [3.63, 3.8) is 0 Å². The van der Waals surface area contributed by atoms with Gasteiger partial charge in [-0.25, -0.2) is 4.79 Å². The van der Waals surface area contributed by atoms with Crippen LogP contribution in [0.5, 0.6) is 0 Å². The average molecular weight is 246 g/mol. The molecule has 0 amide bonds. The maximum absolute atomic E-state index is 10.9. The Hall–Kier alpha value is -2.50. The second kappa shape index (κ2) is 4.79. The third-order valence-corrected chi connectivity index (χ3v) is 2.53. The van der Waals surface area contributed by atoms with E-state index in [1.165, 1.54) is 6.07 Å². The summed E-state index contributed by atoms with van der Waals surface area (Å²) in [4.78, 5) is 10.9. The first-order valence-corrected chi connectivity index (χ1v) is 5.41. The number of nitrogens with one attached hydrogen (secondary N) is 1. The molecule has 94 valence electrons. The molecule has 0 radical (unpaired) electrons. The van der Waals surface area contributed by atoms with Crippen LogP contribution in [0.1, 0.15) is 16.1 Å². The van der Waals surface area contributed by atoms with Crippen molar-refractivity contribution in [3.8, 4) is 0 Å². The molecule has 1 heterocycles. The van der Waals surface area contributed by atoms with Crippen LogP contribution in [0, 0.1) is 0 Å². The van der Waals surface area contributed by atoms with Gasteiger partial charge in [-0.15, -0.1) is 0 Å². The van der Waals surface area contributed by atoms with Crippen molar-refractivity contribution in [2.45, 2.75) is 6.54 Å². The van der Waals surface area contributed by atoms with E-state index >= 15 is 0 Å². The zero-order valence-electron chi connectivity index (χ0n) is 9.92. The van der Waals surface area contributed by atoms with Gasteiger partial charge in [-0.1, -0.05) is 0 Å². The molecule has 0 bridgehead atoms. The second-order valence-electron chi connectivity index (χ2n) is 3.94. The highest BCUT2D eigenvalue weighted by Crippen LogP contribution is 2.18. The molecule has 6 nitrogen and oxygen atoms in total. The van der Waals surface area contributed by atoms with Crippen molar-refractivity contribution in [2.75, 3.05) is 11.1 Å². The maximum atomic E-state index is 10.9. The molecule has 0 aliphatic heterocycles. The number of nitrogens with two attached hydrogens (primary N) is 1. The van der Waals surface area contributed by atoms with Gasteiger partial charge in [0.15, 0.2) is 0 Å². The predicted molar refractivity (Wildman–Crippen MR) is 68.3 cm³/mol. The monoisotopic (exact) mass is 246 g/mol. The quantitative estimate of drug-likeness (QED) is 0.707. The summed E-state index contributed by atoms with van der Waals surface area (Å²) < 4.78 is 1.71. The third kappa shape index (κ3) is 2.60. The number of hydrogen-bond acceptors (Lipinski definition) is 4. The Labute approximate surface area is 104 Å². The normalized spacial score (nSPS) is 10.3. The van der Waals surface area contributed by atoms with E-state index in [-0.39, 0.29) is 11.3 Å². The van der Waals surface area contributed by atoms with Gasteiger partial charge in [-0.2, -0.15) is 5.10 Å². The Morgan fingerprint density at radius 3 is 2.89 bits per heavy atom. The first-order chi connectivity index (χ1) is 8.56. The van der Waals surface area contributed by atoms with Crippen LogP contribution in [0.2, 0.25) is 0 Å². The number of aromatic carboxylic acids is 1. The summed E-state index contributed by atoms with van der Waals surface area (Å²) in [5.41, 5.74) is 7.51. The molecule has 0 atom stereocenters. The number of carboxylic acids is 1. The molecular formula is C12H14N4O2. The van der Waals surface area contributed by atoms with Crippen LogP contribution in [-0.4, -0.2) is 20.9 Å². The summed E-state index contributed by atoms with van der Waals surface area (Å²) in [6.45, 7) is 0.532. The van der Waals surface area contributed by atoms with E-state index in [1.807, 2.05) is 19.3 Å². The molecule has 1 aromatic carbocycles. The Balaban J connectivity index is 2.10. The molecule has 0 fully saturated rings. The minimum Gasteiger partial charge on any atom is -0.478 e. The summed E-state index contributed by atoms with van der Waals surface area (Å²) in [6, 6.07) is 6.72. The SMILES string of the molecule is Cn1ccc(CNc2ccc(N)c(C(=O)O)c2)n1. The molecule has 2 aromatic rings. The first-order valence-electron chi connectivity index (χ1n) is 5.41. The summed E-state index contributed by atoms with van der Waals surface area (Å²) in [5, 5.41) is 16.3. The van der Waals surface area contributed by atoms with Crippen LogP contribution in [0.25, 0.3) is 0 Å². The van der Waals surface area contributed by atoms with Gasteiger partial charge in [0.1, 0.15) is 0 Å². The number of aryl methyl sites for hydroxylation is 1. The molecule has 0 unspecified atom stereocenters. The van der Waals surface area contributed by atoms with Gasteiger partial charge in [-0.3, -0.25) is 4.68 Å². The van der Waals surface area contributed by atoms with Gasteiger partial charge in [0, 0.05) is 24.6 Å². The van der Waals surface area contributed by atoms with Gasteiger partial charge in [0.2, 0.25) is 0 Å². The van der Waals surface area contributed by atoms with Crippen molar-refractivity contribution < 1.29 is 9.90 Å². The number of nitrogen functional groups attached to an aromatic ring is 1. The Morgan fingerprint density at radius 1 is 1.50 bits per heavy atom. The maximum Gasteiger partial charge on any atom is 0.337 e. The predicted octanol–water partition coefficient (Wildman–Crippen LogP) is 1.31. The van der Waals surface area contributed by atoms with E-state index in [1.54, 1.807) is 16.8 Å². The summed E-state index contributed by atoms with van der Waals surface area (Å²) in [7, 11) is 1.84. The highest BCUT2D eigenvalue weighted by molar-refractivity contribution is 5.94. The molecular weight excluding hydrogens is 232 g/mol. The number of hydrogen-bond donors (Lipinski definition) is 3. The Bertz CT molecular complexity index is 577. The molecule has 2 rings (SSSR count). The zero-order valence-corrected chi connectivity index (χ0v) is 9.92. The molecule has 1 aromatic heterocycles. The van der Waals surface area contributed by atoms with E-state index < -0.39 is 5.97 Å². The lowest BCUT2D eigenvalue weighted by atomic mass is 10.1. The van der Waals surface area contributed by atoms with E-state index in [9.17, 15) is 4.79 Å². The van der Waals surface area contributed by atoms with Crippen LogP contribution in [0.3, 0.4) is 0 Å². The van der Waals surface area contributed by atoms with Crippen LogP contribution in [-0.2, 0) is 13.6 Å². The van der Waals surface area contributed by atoms with Gasteiger partial charge in [0.05, 0.1) is 17.8 Å². The van der Waals surface area contributed by atoms with Crippen molar-refractivity contribution in [1.29, 1.82) is 0 Å². The van der Waals surface area contributed by atoms with Crippen molar-refractivity contribution in [1.82, 2.24) is 9.78 Å². The third-order valence-electron chi connectivity index (χ3n) is 2.53. The molecule has 0 aliphatic carbocycles. The minimum atomic E-state index is -1.03. The topological polar surface area (TPSA) is 93.2 Å².